The minimum Gasteiger partial charge on any atom is -0.496 e. The lowest BCUT2D eigenvalue weighted by atomic mass is 10.1. The smallest absolute Gasteiger partial charge is 0.273 e. The second kappa shape index (κ2) is 6.19. The first-order valence-electron chi connectivity index (χ1n) is 6.78. The fourth-order valence-corrected chi connectivity index (χ4v) is 2.79. The van der Waals surface area contributed by atoms with Crippen LogP contribution in [0.5, 0.6) is 5.75 Å². The van der Waals surface area contributed by atoms with Gasteiger partial charge in [-0.1, -0.05) is 0 Å². The van der Waals surface area contributed by atoms with Crippen LogP contribution < -0.4 is 10.1 Å². The maximum atomic E-state index is 10.9. The molecule has 0 radical (unpaired) electrons. The molecule has 2 rings (SSSR count). The number of piperazine rings is 1. The first kappa shape index (κ1) is 14.7. The Morgan fingerprint density at radius 3 is 2.55 bits per heavy atom. The van der Waals surface area contributed by atoms with Gasteiger partial charge in [0.25, 0.3) is 5.69 Å². The van der Waals surface area contributed by atoms with Crippen molar-refractivity contribution in [2.45, 2.75) is 32.5 Å². The van der Waals surface area contributed by atoms with Crippen LogP contribution in [0.3, 0.4) is 0 Å². The van der Waals surface area contributed by atoms with E-state index in [0.29, 0.717) is 24.4 Å². The molecule has 20 heavy (non-hydrogen) atoms. The summed E-state index contributed by atoms with van der Waals surface area (Å²) < 4.78 is 5.14. The molecule has 1 N–H and O–H groups in total. The van der Waals surface area contributed by atoms with Crippen LogP contribution in [0.2, 0.25) is 0 Å². The van der Waals surface area contributed by atoms with E-state index in [9.17, 15) is 10.1 Å². The van der Waals surface area contributed by atoms with Gasteiger partial charge in [0.1, 0.15) is 5.75 Å². The molecule has 2 atom stereocenters. The fourth-order valence-electron chi connectivity index (χ4n) is 2.79. The Balaban J connectivity index is 2.15. The number of nitrogens with zero attached hydrogens (tertiary/aromatic N) is 2. The molecule has 1 aliphatic rings. The maximum Gasteiger partial charge on any atom is 0.273 e. The van der Waals surface area contributed by atoms with Crippen molar-refractivity contribution in [3.63, 3.8) is 0 Å². The van der Waals surface area contributed by atoms with Gasteiger partial charge in [0.15, 0.2) is 0 Å². The number of nitrogens with one attached hydrogen (secondary N) is 1. The largest absolute Gasteiger partial charge is 0.496 e. The summed E-state index contributed by atoms with van der Waals surface area (Å²) in [5.74, 6) is 0.533. The molecule has 6 nitrogen and oxygen atoms in total. The number of methoxy groups -OCH3 is 1. The van der Waals surface area contributed by atoms with Gasteiger partial charge >= 0.3 is 0 Å². The van der Waals surface area contributed by atoms with Crippen LogP contribution in [0.15, 0.2) is 18.2 Å². The van der Waals surface area contributed by atoms with Gasteiger partial charge in [-0.15, -0.1) is 0 Å². The van der Waals surface area contributed by atoms with Crippen molar-refractivity contribution in [3.05, 3.63) is 33.9 Å². The molecular weight excluding hydrogens is 258 g/mol. The van der Waals surface area contributed by atoms with E-state index < -0.39 is 0 Å². The Morgan fingerprint density at radius 2 is 2.00 bits per heavy atom. The molecular formula is C14H21N3O3. The van der Waals surface area contributed by atoms with Crippen LogP contribution in [-0.4, -0.2) is 42.1 Å². The topological polar surface area (TPSA) is 67.6 Å². The van der Waals surface area contributed by atoms with Gasteiger partial charge in [-0.2, -0.15) is 0 Å². The summed E-state index contributed by atoms with van der Waals surface area (Å²) in [6.45, 7) is 6.88. The number of hydrogen-bond acceptors (Lipinski definition) is 5. The van der Waals surface area contributed by atoms with E-state index in [2.05, 4.69) is 24.1 Å². The quantitative estimate of drug-likeness (QED) is 0.672. The molecule has 1 heterocycles. The third-order valence-corrected chi connectivity index (χ3v) is 3.44. The van der Waals surface area contributed by atoms with Crippen molar-refractivity contribution in [2.24, 2.45) is 0 Å². The molecule has 0 aromatic heterocycles. The zero-order valence-electron chi connectivity index (χ0n) is 12.1. The van der Waals surface area contributed by atoms with Crippen molar-refractivity contribution in [1.82, 2.24) is 10.2 Å². The van der Waals surface area contributed by atoms with E-state index >= 15 is 0 Å². The summed E-state index contributed by atoms with van der Waals surface area (Å²) >= 11 is 0. The predicted octanol–water partition coefficient (Wildman–Crippen LogP) is 1.79. The van der Waals surface area contributed by atoms with E-state index in [4.69, 9.17) is 4.74 Å². The third-order valence-electron chi connectivity index (χ3n) is 3.44. The molecule has 0 aliphatic carbocycles. The zero-order chi connectivity index (χ0) is 14.7. The number of non-ortho nitro benzene ring substituents is 1. The highest BCUT2D eigenvalue weighted by molar-refractivity contribution is 5.42. The van der Waals surface area contributed by atoms with E-state index in [0.717, 1.165) is 18.7 Å². The van der Waals surface area contributed by atoms with E-state index in [1.54, 1.807) is 6.07 Å². The van der Waals surface area contributed by atoms with Crippen LogP contribution in [-0.2, 0) is 6.54 Å². The highest BCUT2D eigenvalue weighted by atomic mass is 16.6. The molecule has 1 aliphatic heterocycles. The van der Waals surface area contributed by atoms with Crippen LogP contribution in [0.1, 0.15) is 19.4 Å². The predicted molar refractivity (Wildman–Crippen MR) is 77.0 cm³/mol. The standard InChI is InChI=1S/C14H21N3O3/c1-10-7-16(8-11(2)15-10)9-12-4-13(17(18)19)6-14(5-12)20-3/h4-6,10-11,15H,7-9H2,1-3H3. The summed E-state index contributed by atoms with van der Waals surface area (Å²) in [5, 5.41) is 14.4. The van der Waals surface area contributed by atoms with E-state index in [1.165, 1.54) is 13.2 Å². The van der Waals surface area contributed by atoms with Gasteiger partial charge < -0.3 is 10.1 Å². The summed E-state index contributed by atoms with van der Waals surface area (Å²) in [7, 11) is 1.53. The summed E-state index contributed by atoms with van der Waals surface area (Å²) in [6, 6.07) is 5.80. The normalized spacial score (nSPS) is 23.6. The number of nitro groups is 1. The van der Waals surface area contributed by atoms with Gasteiger partial charge in [-0.05, 0) is 25.5 Å². The van der Waals surface area contributed by atoms with Crippen LogP contribution >= 0.6 is 0 Å². The van der Waals surface area contributed by atoms with Gasteiger partial charge in [0.2, 0.25) is 0 Å². The van der Waals surface area contributed by atoms with Crippen molar-refractivity contribution in [3.8, 4) is 5.75 Å². The van der Waals surface area contributed by atoms with Crippen molar-refractivity contribution >= 4 is 5.69 Å². The third kappa shape index (κ3) is 3.68. The molecule has 1 saturated heterocycles. The molecule has 1 aromatic carbocycles. The highest BCUT2D eigenvalue weighted by Gasteiger charge is 2.21. The maximum absolute atomic E-state index is 10.9. The molecule has 1 aromatic rings. The lowest BCUT2D eigenvalue weighted by Gasteiger charge is -2.36. The number of ether oxygens (including phenoxy) is 1. The van der Waals surface area contributed by atoms with Crippen LogP contribution in [0.25, 0.3) is 0 Å². The SMILES string of the molecule is COc1cc(CN2CC(C)NC(C)C2)cc([N+](=O)[O-])c1. The molecule has 0 bridgehead atoms. The minimum atomic E-state index is -0.380. The fraction of sp³-hybridized carbons (Fsp3) is 0.571. The molecule has 2 unspecified atom stereocenters. The summed E-state index contributed by atoms with van der Waals surface area (Å²) in [4.78, 5) is 12.9. The number of rotatable bonds is 4. The van der Waals surface area contributed by atoms with Gasteiger partial charge in [-0.25, -0.2) is 0 Å². The first-order chi connectivity index (χ1) is 9.47. The second-order valence-corrected chi connectivity index (χ2v) is 5.46. The monoisotopic (exact) mass is 279 g/mol. The Labute approximate surface area is 118 Å². The molecule has 0 spiro atoms. The van der Waals surface area contributed by atoms with Crippen LogP contribution in [0, 0.1) is 10.1 Å². The summed E-state index contributed by atoms with van der Waals surface area (Å²) in [5.41, 5.74) is 0.993. The van der Waals surface area contributed by atoms with Gasteiger partial charge in [0.05, 0.1) is 18.1 Å². The molecule has 0 saturated carbocycles. The average Bonchev–Trinajstić information content (AvgIpc) is 2.36. The molecule has 110 valence electrons. The van der Waals surface area contributed by atoms with Crippen LogP contribution in [0.4, 0.5) is 5.69 Å². The number of hydrogen-bond donors (Lipinski definition) is 1. The Hall–Kier alpha value is -1.66. The second-order valence-electron chi connectivity index (χ2n) is 5.46. The lowest BCUT2D eigenvalue weighted by molar-refractivity contribution is -0.385. The minimum absolute atomic E-state index is 0.0792. The Kier molecular flexibility index (Phi) is 4.57. The lowest BCUT2D eigenvalue weighted by Crippen LogP contribution is -2.53. The Morgan fingerprint density at radius 1 is 1.35 bits per heavy atom. The molecule has 6 heteroatoms. The van der Waals surface area contributed by atoms with Gasteiger partial charge in [-0.3, -0.25) is 15.0 Å². The number of benzene rings is 1. The Bertz CT molecular complexity index is 483. The van der Waals surface area contributed by atoms with Crippen molar-refractivity contribution in [2.75, 3.05) is 20.2 Å². The van der Waals surface area contributed by atoms with E-state index in [-0.39, 0.29) is 10.6 Å². The highest BCUT2D eigenvalue weighted by Crippen LogP contribution is 2.24. The zero-order valence-corrected chi connectivity index (χ0v) is 12.1. The molecule has 1 fully saturated rings. The number of nitro benzene ring substituents is 1. The van der Waals surface area contributed by atoms with Crippen molar-refractivity contribution in [1.29, 1.82) is 0 Å². The summed E-state index contributed by atoms with van der Waals surface area (Å²) in [6.07, 6.45) is 0. The average molecular weight is 279 g/mol. The first-order valence-corrected chi connectivity index (χ1v) is 6.78. The molecule has 0 amide bonds. The van der Waals surface area contributed by atoms with E-state index in [1.807, 2.05) is 6.07 Å². The van der Waals surface area contributed by atoms with Crippen molar-refractivity contribution < 1.29 is 9.66 Å². The van der Waals surface area contributed by atoms with Gasteiger partial charge in [0, 0.05) is 37.8 Å².